The lowest BCUT2D eigenvalue weighted by Crippen LogP contribution is -2.30. The normalized spacial score (nSPS) is 14.1. The first kappa shape index (κ1) is 13.0. The van der Waals surface area contributed by atoms with Gasteiger partial charge in [0.1, 0.15) is 5.15 Å². The summed E-state index contributed by atoms with van der Waals surface area (Å²) in [4.78, 5) is 3.96. The summed E-state index contributed by atoms with van der Waals surface area (Å²) in [5.41, 5.74) is 1.13. The molecule has 0 saturated heterocycles. The average molecular weight is 237 g/mol. The van der Waals surface area contributed by atoms with Crippen LogP contribution in [0.3, 0.4) is 0 Å². The van der Waals surface area contributed by atoms with Crippen molar-refractivity contribution < 1.29 is 0 Å². The zero-order valence-corrected chi connectivity index (χ0v) is 10.5. The van der Waals surface area contributed by atoms with Crippen molar-refractivity contribution in [2.75, 3.05) is 0 Å². The first-order valence-corrected chi connectivity index (χ1v) is 5.86. The van der Waals surface area contributed by atoms with Crippen LogP contribution in [0.2, 0.25) is 5.15 Å². The highest BCUT2D eigenvalue weighted by atomic mass is 35.5. The predicted molar refractivity (Wildman–Crippen MR) is 68.3 cm³/mol. The maximum absolute atomic E-state index is 5.85. The fraction of sp³-hybridized carbons (Fsp3) is 0.462. The van der Waals surface area contributed by atoms with Crippen molar-refractivity contribution in [2.24, 2.45) is 0 Å². The van der Waals surface area contributed by atoms with Crippen molar-refractivity contribution in [1.29, 1.82) is 0 Å². The summed E-state index contributed by atoms with van der Waals surface area (Å²) < 4.78 is 0. The number of aromatic nitrogens is 1. The molecule has 0 radical (unpaired) electrons. The van der Waals surface area contributed by atoms with Crippen molar-refractivity contribution in [3.8, 4) is 12.3 Å². The van der Waals surface area contributed by atoms with Crippen molar-refractivity contribution in [3.63, 3.8) is 0 Å². The minimum atomic E-state index is 0.235. The average Bonchev–Trinajstić information content (AvgIpc) is 2.28. The number of hydrogen-bond donors (Lipinski definition) is 1. The second-order valence-corrected chi connectivity index (χ2v) is 4.20. The Labute approximate surface area is 102 Å². The lowest BCUT2D eigenvalue weighted by atomic mass is 10.1. The SMILES string of the molecule is C#CCC(CC)NC(C)c1ccnc(Cl)c1. The molecule has 0 saturated carbocycles. The van der Waals surface area contributed by atoms with Crippen LogP contribution in [0.25, 0.3) is 0 Å². The summed E-state index contributed by atoms with van der Waals surface area (Å²) in [5, 5.41) is 4.01. The second-order valence-electron chi connectivity index (χ2n) is 3.81. The van der Waals surface area contributed by atoms with Gasteiger partial charge in [0.25, 0.3) is 0 Å². The Hall–Kier alpha value is -1.04. The summed E-state index contributed by atoms with van der Waals surface area (Å²) in [5.74, 6) is 2.69. The summed E-state index contributed by atoms with van der Waals surface area (Å²) in [6.07, 6.45) is 8.81. The number of nitrogens with one attached hydrogen (secondary N) is 1. The lowest BCUT2D eigenvalue weighted by Gasteiger charge is -2.21. The molecule has 0 fully saturated rings. The Morgan fingerprint density at radius 2 is 2.38 bits per heavy atom. The predicted octanol–water partition coefficient (Wildman–Crippen LogP) is 3.19. The monoisotopic (exact) mass is 236 g/mol. The Kier molecular flexibility index (Phi) is 5.31. The summed E-state index contributed by atoms with van der Waals surface area (Å²) in [6, 6.07) is 4.43. The second kappa shape index (κ2) is 6.52. The Morgan fingerprint density at radius 1 is 1.62 bits per heavy atom. The number of halogens is 1. The van der Waals surface area contributed by atoms with E-state index < -0.39 is 0 Å². The quantitative estimate of drug-likeness (QED) is 0.628. The smallest absolute Gasteiger partial charge is 0.129 e. The number of terminal acetylenes is 1. The number of pyridine rings is 1. The fourth-order valence-corrected chi connectivity index (χ4v) is 1.78. The maximum Gasteiger partial charge on any atom is 0.129 e. The van der Waals surface area contributed by atoms with Gasteiger partial charge in [-0.25, -0.2) is 4.98 Å². The van der Waals surface area contributed by atoms with Gasteiger partial charge in [-0.15, -0.1) is 12.3 Å². The molecule has 2 unspecified atom stereocenters. The van der Waals surface area contributed by atoms with Crippen molar-refractivity contribution >= 4 is 11.6 Å². The van der Waals surface area contributed by atoms with Gasteiger partial charge in [0, 0.05) is 24.7 Å². The van der Waals surface area contributed by atoms with Gasteiger partial charge in [0.2, 0.25) is 0 Å². The van der Waals surface area contributed by atoms with Gasteiger partial charge in [-0.05, 0) is 31.0 Å². The van der Waals surface area contributed by atoms with Gasteiger partial charge < -0.3 is 5.32 Å². The first-order chi connectivity index (χ1) is 7.67. The first-order valence-electron chi connectivity index (χ1n) is 5.48. The van der Waals surface area contributed by atoms with Gasteiger partial charge in [-0.3, -0.25) is 0 Å². The highest BCUT2D eigenvalue weighted by Gasteiger charge is 2.11. The number of hydrogen-bond acceptors (Lipinski definition) is 2. The van der Waals surface area contributed by atoms with Gasteiger partial charge in [-0.2, -0.15) is 0 Å². The molecule has 0 aliphatic rings. The molecular weight excluding hydrogens is 220 g/mol. The van der Waals surface area contributed by atoms with Crippen LogP contribution < -0.4 is 5.32 Å². The van der Waals surface area contributed by atoms with Gasteiger partial charge in [-0.1, -0.05) is 18.5 Å². The van der Waals surface area contributed by atoms with Gasteiger partial charge in [0.05, 0.1) is 0 Å². The van der Waals surface area contributed by atoms with E-state index >= 15 is 0 Å². The molecule has 0 amide bonds. The number of rotatable bonds is 5. The molecule has 0 spiro atoms. The standard InChI is InChI=1S/C13H17ClN2/c1-4-6-12(5-2)16-10(3)11-7-8-15-13(14)9-11/h1,7-10,12,16H,5-6H2,2-3H3. The molecule has 2 atom stereocenters. The third kappa shape index (κ3) is 3.84. The van der Waals surface area contributed by atoms with E-state index in [1.165, 1.54) is 0 Å². The van der Waals surface area contributed by atoms with E-state index in [-0.39, 0.29) is 6.04 Å². The summed E-state index contributed by atoms with van der Waals surface area (Å²) in [6.45, 7) is 4.23. The van der Waals surface area contributed by atoms with E-state index in [1.54, 1.807) is 6.20 Å². The van der Waals surface area contributed by atoms with E-state index in [0.29, 0.717) is 11.2 Å². The molecule has 1 N–H and O–H groups in total. The molecule has 1 rings (SSSR count). The Balaban J connectivity index is 2.64. The molecule has 3 heteroatoms. The van der Waals surface area contributed by atoms with Crippen molar-refractivity contribution in [2.45, 2.75) is 38.8 Å². The topological polar surface area (TPSA) is 24.9 Å². The molecule has 1 aromatic heterocycles. The van der Waals surface area contributed by atoms with Gasteiger partial charge in [0.15, 0.2) is 0 Å². The third-order valence-corrected chi connectivity index (χ3v) is 2.80. The largest absolute Gasteiger partial charge is 0.307 e. The van der Waals surface area contributed by atoms with Crippen molar-refractivity contribution in [1.82, 2.24) is 10.3 Å². The van der Waals surface area contributed by atoms with E-state index in [2.05, 4.69) is 30.1 Å². The van der Waals surface area contributed by atoms with Crippen LogP contribution in [-0.4, -0.2) is 11.0 Å². The molecule has 1 heterocycles. The molecule has 0 aromatic carbocycles. The molecular formula is C13H17ClN2. The highest BCUT2D eigenvalue weighted by Crippen LogP contribution is 2.16. The minimum Gasteiger partial charge on any atom is -0.307 e. The van der Waals surface area contributed by atoms with Crippen LogP contribution in [0.5, 0.6) is 0 Å². The van der Waals surface area contributed by atoms with Crippen LogP contribution in [0, 0.1) is 12.3 Å². The van der Waals surface area contributed by atoms with E-state index in [1.807, 2.05) is 12.1 Å². The third-order valence-electron chi connectivity index (χ3n) is 2.59. The van der Waals surface area contributed by atoms with Gasteiger partial charge >= 0.3 is 0 Å². The molecule has 1 aromatic rings. The van der Waals surface area contributed by atoms with Crippen molar-refractivity contribution in [3.05, 3.63) is 29.0 Å². The Bertz CT molecular complexity index is 370. The zero-order valence-electron chi connectivity index (χ0n) is 9.70. The Morgan fingerprint density at radius 3 is 2.94 bits per heavy atom. The van der Waals surface area contributed by atoms with E-state index in [4.69, 9.17) is 18.0 Å². The highest BCUT2D eigenvalue weighted by molar-refractivity contribution is 6.29. The van der Waals surface area contributed by atoms with E-state index in [9.17, 15) is 0 Å². The fourth-order valence-electron chi connectivity index (χ4n) is 1.60. The van der Waals surface area contributed by atoms with Crippen LogP contribution in [0.1, 0.15) is 38.3 Å². The minimum absolute atomic E-state index is 0.235. The van der Waals surface area contributed by atoms with Crippen LogP contribution in [-0.2, 0) is 0 Å². The summed E-state index contributed by atoms with van der Waals surface area (Å²) >= 11 is 5.85. The summed E-state index contributed by atoms with van der Waals surface area (Å²) in [7, 11) is 0. The molecule has 16 heavy (non-hydrogen) atoms. The van der Waals surface area contributed by atoms with Crippen LogP contribution in [0.15, 0.2) is 18.3 Å². The molecule has 0 aliphatic heterocycles. The van der Waals surface area contributed by atoms with Crippen LogP contribution >= 0.6 is 11.6 Å². The molecule has 0 aliphatic carbocycles. The van der Waals surface area contributed by atoms with E-state index in [0.717, 1.165) is 18.4 Å². The maximum atomic E-state index is 5.85. The lowest BCUT2D eigenvalue weighted by molar-refractivity contribution is 0.449. The molecule has 0 bridgehead atoms. The zero-order chi connectivity index (χ0) is 12.0. The number of nitrogens with zero attached hydrogens (tertiary/aromatic N) is 1. The molecule has 2 nitrogen and oxygen atoms in total. The van der Waals surface area contributed by atoms with Crippen LogP contribution in [0.4, 0.5) is 0 Å². The molecule has 86 valence electrons.